The molecule has 1 aromatic carbocycles. The Kier molecular flexibility index (Phi) is 6.58. The lowest BCUT2D eigenvalue weighted by molar-refractivity contribution is -0.121. The van der Waals surface area contributed by atoms with Crippen LogP contribution in [-0.4, -0.2) is 24.4 Å². The number of anilines is 1. The van der Waals surface area contributed by atoms with Gasteiger partial charge < -0.3 is 5.32 Å². The number of carbonyl (C=O) groups excluding carboxylic acids is 2. The maximum absolute atomic E-state index is 12.4. The summed E-state index contributed by atoms with van der Waals surface area (Å²) in [7, 11) is 0. The Morgan fingerprint density at radius 3 is 2.50 bits per heavy atom. The summed E-state index contributed by atoms with van der Waals surface area (Å²) in [4.78, 5) is 25.8. The van der Waals surface area contributed by atoms with Crippen LogP contribution in [0.5, 0.6) is 0 Å². The van der Waals surface area contributed by atoms with Gasteiger partial charge in [0.1, 0.15) is 0 Å². The molecule has 1 aliphatic heterocycles. The molecule has 1 atom stereocenters. The van der Waals surface area contributed by atoms with Gasteiger partial charge in [-0.05, 0) is 37.2 Å². The fourth-order valence-corrected chi connectivity index (χ4v) is 2.92. The Morgan fingerprint density at radius 1 is 1.14 bits per heavy atom. The summed E-state index contributed by atoms with van der Waals surface area (Å²) in [5.74, 6) is -0.267. The van der Waals surface area contributed by atoms with Gasteiger partial charge in [0.25, 0.3) is 5.91 Å². The standard InChI is InChI=1S/C17H23BrN2O2/c1-2-3-4-5-6-11-19-15-12-16(21)20(17(15)22)14-9-7-13(18)8-10-14/h7-10,15,19H,2-6,11-12H2,1H3/t15-/m0/s1. The van der Waals surface area contributed by atoms with E-state index in [0.29, 0.717) is 5.69 Å². The van der Waals surface area contributed by atoms with E-state index in [-0.39, 0.29) is 24.3 Å². The van der Waals surface area contributed by atoms with Crippen LogP contribution in [0.4, 0.5) is 5.69 Å². The molecule has 1 heterocycles. The molecule has 1 aromatic rings. The Morgan fingerprint density at radius 2 is 1.82 bits per heavy atom. The zero-order valence-electron chi connectivity index (χ0n) is 13.0. The van der Waals surface area contributed by atoms with Crippen LogP contribution >= 0.6 is 15.9 Å². The van der Waals surface area contributed by atoms with Crippen LogP contribution in [0, 0.1) is 0 Å². The van der Waals surface area contributed by atoms with Crippen molar-refractivity contribution in [1.82, 2.24) is 5.32 Å². The number of nitrogens with zero attached hydrogens (tertiary/aromatic N) is 1. The Labute approximate surface area is 140 Å². The van der Waals surface area contributed by atoms with Crippen LogP contribution in [0.2, 0.25) is 0 Å². The summed E-state index contributed by atoms with van der Waals surface area (Å²) >= 11 is 3.36. The van der Waals surface area contributed by atoms with Crippen molar-refractivity contribution in [2.75, 3.05) is 11.4 Å². The highest BCUT2D eigenvalue weighted by molar-refractivity contribution is 9.10. The Hall–Kier alpha value is -1.20. The third-order valence-corrected chi connectivity index (χ3v) is 4.43. The number of hydrogen-bond acceptors (Lipinski definition) is 3. The monoisotopic (exact) mass is 366 g/mol. The molecule has 1 aliphatic rings. The van der Waals surface area contributed by atoms with Gasteiger partial charge in [0, 0.05) is 4.47 Å². The van der Waals surface area contributed by atoms with Crippen molar-refractivity contribution >= 4 is 33.4 Å². The van der Waals surface area contributed by atoms with Crippen LogP contribution in [0.25, 0.3) is 0 Å². The van der Waals surface area contributed by atoms with E-state index in [4.69, 9.17) is 0 Å². The van der Waals surface area contributed by atoms with Gasteiger partial charge in [0.2, 0.25) is 5.91 Å². The van der Waals surface area contributed by atoms with Crippen molar-refractivity contribution in [2.24, 2.45) is 0 Å². The van der Waals surface area contributed by atoms with Crippen molar-refractivity contribution in [3.05, 3.63) is 28.7 Å². The van der Waals surface area contributed by atoms with Gasteiger partial charge in [0.05, 0.1) is 18.2 Å². The predicted octanol–water partition coefficient (Wildman–Crippen LogP) is 3.64. The first-order valence-electron chi connectivity index (χ1n) is 7.99. The number of rotatable bonds is 8. The number of halogens is 1. The van der Waals surface area contributed by atoms with E-state index in [0.717, 1.165) is 17.4 Å². The summed E-state index contributed by atoms with van der Waals surface area (Å²) < 4.78 is 0.928. The van der Waals surface area contributed by atoms with Gasteiger partial charge >= 0.3 is 0 Å². The van der Waals surface area contributed by atoms with E-state index < -0.39 is 0 Å². The molecule has 0 aliphatic carbocycles. The summed E-state index contributed by atoms with van der Waals surface area (Å²) in [5, 5.41) is 3.23. The van der Waals surface area contributed by atoms with Crippen molar-refractivity contribution in [3.63, 3.8) is 0 Å². The van der Waals surface area contributed by atoms with Gasteiger partial charge in [-0.3, -0.25) is 9.59 Å². The first-order valence-corrected chi connectivity index (χ1v) is 8.78. The third-order valence-electron chi connectivity index (χ3n) is 3.90. The zero-order valence-corrected chi connectivity index (χ0v) is 14.6. The smallest absolute Gasteiger partial charge is 0.251 e. The van der Waals surface area contributed by atoms with Crippen LogP contribution in [0.3, 0.4) is 0 Å². The van der Waals surface area contributed by atoms with E-state index in [2.05, 4.69) is 28.2 Å². The summed E-state index contributed by atoms with van der Waals surface area (Å²) in [6.07, 6.45) is 6.20. The molecule has 0 spiro atoms. The minimum atomic E-state index is -0.373. The Balaban J connectivity index is 1.85. The summed E-state index contributed by atoms with van der Waals surface area (Å²) in [6, 6.07) is 6.87. The molecule has 1 fully saturated rings. The van der Waals surface area contributed by atoms with E-state index in [1.54, 1.807) is 12.1 Å². The average molecular weight is 367 g/mol. The molecule has 1 saturated heterocycles. The minimum Gasteiger partial charge on any atom is -0.305 e. The second kappa shape index (κ2) is 8.44. The molecule has 1 N–H and O–H groups in total. The average Bonchev–Trinajstić information content (AvgIpc) is 2.78. The number of imide groups is 1. The normalized spacial score (nSPS) is 18.3. The molecule has 0 bridgehead atoms. The molecular weight excluding hydrogens is 344 g/mol. The lowest BCUT2D eigenvalue weighted by Crippen LogP contribution is -2.39. The van der Waals surface area contributed by atoms with Gasteiger partial charge in [0.15, 0.2) is 0 Å². The highest BCUT2D eigenvalue weighted by Crippen LogP contribution is 2.24. The number of hydrogen-bond donors (Lipinski definition) is 1. The maximum Gasteiger partial charge on any atom is 0.251 e. The first-order chi connectivity index (χ1) is 10.6. The number of nitrogens with one attached hydrogen (secondary N) is 1. The van der Waals surface area contributed by atoms with Gasteiger partial charge in [-0.1, -0.05) is 48.5 Å². The van der Waals surface area contributed by atoms with Crippen LogP contribution in [0.1, 0.15) is 45.4 Å². The van der Waals surface area contributed by atoms with E-state index in [9.17, 15) is 9.59 Å². The predicted molar refractivity (Wildman–Crippen MR) is 91.8 cm³/mol. The minimum absolute atomic E-state index is 0.129. The molecule has 0 unspecified atom stereocenters. The summed E-state index contributed by atoms with van der Waals surface area (Å²) in [6.45, 7) is 2.99. The molecule has 4 nitrogen and oxygen atoms in total. The fraction of sp³-hybridized carbons (Fsp3) is 0.529. The number of unbranched alkanes of at least 4 members (excludes halogenated alkanes) is 4. The molecule has 0 radical (unpaired) electrons. The van der Waals surface area contributed by atoms with Crippen molar-refractivity contribution in [2.45, 2.75) is 51.5 Å². The van der Waals surface area contributed by atoms with Crippen molar-refractivity contribution < 1.29 is 9.59 Å². The van der Waals surface area contributed by atoms with Gasteiger partial charge in [-0.15, -0.1) is 0 Å². The van der Waals surface area contributed by atoms with E-state index in [1.807, 2.05) is 12.1 Å². The van der Waals surface area contributed by atoms with Gasteiger partial charge in [-0.2, -0.15) is 0 Å². The molecule has 5 heteroatoms. The lowest BCUT2D eigenvalue weighted by atomic mass is 10.1. The third kappa shape index (κ3) is 4.40. The molecule has 2 rings (SSSR count). The van der Waals surface area contributed by atoms with Crippen molar-refractivity contribution in [3.8, 4) is 0 Å². The zero-order chi connectivity index (χ0) is 15.9. The number of benzene rings is 1. The Bertz CT molecular complexity index is 516. The highest BCUT2D eigenvalue weighted by atomic mass is 79.9. The molecule has 0 saturated carbocycles. The molecule has 0 aromatic heterocycles. The van der Waals surface area contributed by atoms with Crippen molar-refractivity contribution in [1.29, 1.82) is 0 Å². The molecule has 2 amide bonds. The second-order valence-corrected chi connectivity index (χ2v) is 6.58. The topological polar surface area (TPSA) is 49.4 Å². The molecule has 22 heavy (non-hydrogen) atoms. The highest BCUT2D eigenvalue weighted by Gasteiger charge is 2.38. The maximum atomic E-state index is 12.4. The molecular formula is C17H23BrN2O2. The van der Waals surface area contributed by atoms with Gasteiger partial charge in [-0.25, -0.2) is 4.90 Å². The van der Waals surface area contributed by atoms with Crippen LogP contribution in [0.15, 0.2) is 28.7 Å². The fourth-order valence-electron chi connectivity index (χ4n) is 2.66. The lowest BCUT2D eigenvalue weighted by Gasteiger charge is -2.15. The van der Waals surface area contributed by atoms with E-state index in [1.165, 1.54) is 30.6 Å². The quantitative estimate of drug-likeness (QED) is 0.564. The SMILES string of the molecule is CCCCCCCN[C@H]1CC(=O)N(c2ccc(Br)cc2)C1=O. The number of amides is 2. The largest absolute Gasteiger partial charge is 0.305 e. The molecule has 120 valence electrons. The first kappa shape index (κ1) is 17.2. The van der Waals surface area contributed by atoms with E-state index >= 15 is 0 Å². The second-order valence-electron chi connectivity index (χ2n) is 5.67. The van der Waals surface area contributed by atoms with Crippen LogP contribution < -0.4 is 10.2 Å². The van der Waals surface area contributed by atoms with Crippen LogP contribution in [-0.2, 0) is 9.59 Å². The summed E-state index contributed by atoms with van der Waals surface area (Å²) in [5.41, 5.74) is 0.644. The number of carbonyl (C=O) groups is 2.